The molecule has 2 amide bonds. The third kappa shape index (κ3) is 4.04. The number of aromatic nitrogens is 1. The summed E-state index contributed by atoms with van der Waals surface area (Å²) in [7, 11) is -3.77. The number of carbonyl (C=O) groups is 2. The van der Waals surface area contributed by atoms with Crippen LogP contribution in [0.3, 0.4) is 0 Å². The van der Waals surface area contributed by atoms with Crippen molar-refractivity contribution in [2.75, 3.05) is 11.1 Å². The van der Waals surface area contributed by atoms with Crippen LogP contribution in [0.4, 0.5) is 5.69 Å². The van der Waals surface area contributed by atoms with Gasteiger partial charge >= 0.3 is 0 Å². The number of para-hydroxylation sites is 1. The lowest BCUT2D eigenvalue weighted by Gasteiger charge is -2.13. The van der Waals surface area contributed by atoms with Gasteiger partial charge in [-0.25, -0.2) is 8.42 Å². The van der Waals surface area contributed by atoms with E-state index in [0.29, 0.717) is 12.2 Å². The van der Waals surface area contributed by atoms with E-state index in [2.05, 4.69) is 15.8 Å². The van der Waals surface area contributed by atoms with Crippen LogP contribution in [0.5, 0.6) is 0 Å². The fourth-order valence-corrected chi connectivity index (χ4v) is 4.68. The number of sulfone groups is 1. The van der Waals surface area contributed by atoms with Gasteiger partial charge in [-0.1, -0.05) is 47.6 Å². The number of fused-ring (bicyclic) bond motifs is 1. The van der Waals surface area contributed by atoms with Gasteiger partial charge < -0.3 is 15.2 Å². The number of benzene rings is 2. The number of rotatable bonds is 4. The quantitative estimate of drug-likeness (QED) is 0.676. The summed E-state index contributed by atoms with van der Waals surface area (Å²) in [4.78, 5) is 25.0. The molecule has 148 valence electrons. The maximum atomic E-state index is 12.6. The third-order valence-corrected chi connectivity index (χ3v) is 6.30. The Morgan fingerprint density at radius 3 is 2.66 bits per heavy atom. The van der Waals surface area contributed by atoms with E-state index >= 15 is 0 Å². The fraction of sp³-hybridized carbons (Fsp3) is 0.150. The first-order valence-electron chi connectivity index (χ1n) is 8.85. The number of nitrogens with one attached hydrogen (secondary N) is 2. The van der Waals surface area contributed by atoms with Crippen molar-refractivity contribution in [2.24, 2.45) is 0 Å². The molecule has 2 N–H and O–H groups in total. The summed E-state index contributed by atoms with van der Waals surface area (Å²) in [6.07, 6.45) is 0.453. The highest BCUT2D eigenvalue weighted by Gasteiger charge is 2.34. The van der Waals surface area contributed by atoms with Crippen LogP contribution in [0.2, 0.25) is 0 Å². The lowest BCUT2D eigenvalue weighted by Crippen LogP contribution is -2.46. The van der Waals surface area contributed by atoms with Gasteiger partial charge in [-0.15, -0.1) is 0 Å². The molecule has 3 aromatic rings. The molecule has 1 aromatic heterocycles. The van der Waals surface area contributed by atoms with Gasteiger partial charge in [0.05, 0.1) is 16.3 Å². The number of amides is 2. The monoisotopic (exact) mass is 411 g/mol. The molecule has 1 aliphatic rings. The average Bonchev–Trinajstić information content (AvgIpc) is 3.13. The molecule has 1 aliphatic heterocycles. The number of anilines is 1. The van der Waals surface area contributed by atoms with E-state index in [1.54, 1.807) is 12.1 Å². The Balaban J connectivity index is 1.49. The lowest BCUT2D eigenvalue weighted by atomic mass is 10.1. The molecule has 2 aromatic carbocycles. The predicted octanol–water partition coefficient (Wildman–Crippen LogP) is 1.79. The van der Waals surface area contributed by atoms with E-state index in [-0.39, 0.29) is 16.3 Å². The first-order chi connectivity index (χ1) is 13.9. The first kappa shape index (κ1) is 18.9. The fourth-order valence-electron chi connectivity index (χ4n) is 3.09. The van der Waals surface area contributed by atoms with Gasteiger partial charge in [0.15, 0.2) is 15.5 Å². The normalized spacial score (nSPS) is 17.7. The molecule has 0 aliphatic carbocycles. The van der Waals surface area contributed by atoms with Gasteiger partial charge in [0.1, 0.15) is 11.8 Å². The maximum absolute atomic E-state index is 12.6. The maximum Gasteiger partial charge on any atom is 0.274 e. The summed E-state index contributed by atoms with van der Waals surface area (Å²) in [5.74, 6) is -1.36. The van der Waals surface area contributed by atoms with Crippen LogP contribution in [0.15, 0.2) is 70.1 Å². The van der Waals surface area contributed by atoms with Crippen LogP contribution in [-0.2, 0) is 21.1 Å². The molecule has 0 saturated heterocycles. The molecule has 1 atom stereocenters. The van der Waals surface area contributed by atoms with Crippen LogP contribution in [0.25, 0.3) is 0 Å². The molecule has 29 heavy (non-hydrogen) atoms. The molecule has 2 heterocycles. The van der Waals surface area contributed by atoms with Crippen LogP contribution in [0.1, 0.15) is 21.8 Å². The Morgan fingerprint density at radius 2 is 1.86 bits per heavy atom. The number of nitrogens with zero attached hydrogens (tertiary/aromatic N) is 1. The Morgan fingerprint density at radius 1 is 1.14 bits per heavy atom. The predicted molar refractivity (Wildman–Crippen MR) is 104 cm³/mol. The zero-order valence-corrected chi connectivity index (χ0v) is 16.0. The summed E-state index contributed by atoms with van der Waals surface area (Å²) < 4.78 is 30.4. The second-order valence-corrected chi connectivity index (χ2v) is 8.64. The van der Waals surface area contributed by atoms with Crippen molar-refractivity contribution in [1.82, 2.24) is 10.5 Å². The van der Waals surface area contributed by atoms with Crippen molar-refractivity contribution in [2.45, 2.75) is 17.4 Å². The minimum Gasteiger partial charge on any atom is -0.360 e. The Labute approximate surface area is 166 Å². The number of hydrogen-bond acceptors (Lipinski definition) is 6. The Kier molecular flexibility index (Phi) is 4.89. The van der Waals surface area contributed by atoms with Crippen molar-refractivity contribution >= 4 is 27.3 Å². The second kappa shape index (κ2) is 7.51. The van der Waals surface area contributed by atoms with Crippen molar-refractivity contribution < 1.29 is 22.5 Å². The van der Waals surface area contributed by atoms with E-state index in [9.17, 15) is 18.0 Å². The van der Waals surface area contributed by atoms with E-state index in [0.717, 1.165) is 5.56 Å². The highest BCUT2D eigenvalue weighted by molar-refractivity contribution is 7.91. The molecule has 0 bridgehead atoms. The van der Waals surface area contributed by atoms with Gasteiger partial charge in [-0.05, 0) is 17.7 Å². The van der Waals surface area contributed by atoms with Gasteiger partial charge in [0.25, 0.3) is 5.91 Å². The third-order valence-electron chi connectivity index (χ3n) is 4.50. The van der Waals surface area contributed by atoms with Crippen LogP contribution >= 0.6 is 0 Å². The summed E-state index contributed by atoms with van der Waals surface area (Å²) in [5.41, 5.74) is 1.16. The highest BCUT2D eigenvalue weighted by Crippen LogP contribution is 2.25. The Hall–Kier alpha value is -3.46. The molecule has 8 nitrogen and oxygen atoms in total. The molecular weight excluding hydrogens is 394 g/mol. The largest absolute Gasteiger partial charge is 0.360 e. The summed E-state index contributed by atoms with van der Waals surface area (Å²) in [6, 6.07) is 15.8. The van der Waals surface area contributed by atoms with Crippen LogP contribution in [-0.4, -0.2) is 37.2 Å². The van der Waals surface area contributed by atoms with Crippen LogP contribution in [0, 0.1) is 0 Å². The van der Waals surface area contributed by atoms with E-state index in [4.69, 9.17) is 4.52 Å². The molecule has 0 fully saturated rings. The van der Waals surface area contributed by atoms with E-state index in [1.807, 2.05) is 30.3 Å². The topological polar surface area (TPSA) is 118 Å². The SMILES string of the molecule is O=C(N[C@H]1CS(=O)(=O)c2ccccc2NC1=O)c1cc(Cc2ccccc2)on1. The van der Waals surface area contributed by atoms with E-state index < -0.39 is 33.4 Å². The molecule has 0 saturated carbocycles. The molecule has 0 spiro atoms. The van der Waals surface area contributed by atoms with Crippen molar-refractivity contribution in [3.05, 3.63) is 77.7 Å². The molecule has 9 heteroatoms. The van der Waals surface area contributed by atoms with Crippen molar-refractivity contribution in [3.8, 4) is 0 Å². The summed E-state index contributed by atoms with van der Waals surface area (Å²) in [5, 5.41) is 8.72. The zero-order valence-electron chi connectivity index (χ0n) is 15.2. The second-order valence-electron chi connectivity index (χ2n) is 6.63. The smallest absolute Gasteiger partial charge is 0.274 e. The minimum atomic E-state index is -3.77. The lowest BCUT2D eigenvalue weighted by molar-refractivity contribution is -0.117. The molecular formula is C20H17N3O5S. The van der Waals surface area contributed by atoms with Crippen molar-refractivity contribution in [1.29, 1.82) is 0 Å². The summed E-state index contributed by atoms with van der Waals surface area (Å²) >= 11 is 0. The highest BCUT2D eigenvalue weighted by atomic mass is 32.2. The van der Waals surface area contributed by atoms with Gasteiger partial charge in [0.2, 0.25) is 5.91 Å². The number of hydrogen-bond donors (Lipinski definition) is 2. The molecule has 0 unspecified atom stereocenters. The molecule has 4 rings (SSSR count). The van der Waals surface area contributed by atoms with Crippen LogP contribution < -0.4 is 10.6 Å². The first-order valence-corrected chi connectivity index (χ1v) is 10.5. The standard InChI is InChI=1S/C20H17N3O5S/c24-19(16-11-14(28-23-16)10-13-6-2-1-3-7-13)22-17-12-29(26,27)18-9-5-4-8-15(18)21-20(17)25/h1-9,11,17H,10,12H2,(H,21,25)(H,22,24)/t17-/m0/s1. The van der Waals surface area contributed by atoms with E-state index in [1.165, 1.54) is 18.2 Å². The molecule has 0 radical (unpaired) electrons. The zero-order chi connectivity index (χ0) is 20.4. The van der Waals surface area contributed by atoms with Crippen molar-refractivity contribution in [3.63, 3.8) is 0 Å². The Bertz CT molecular complexity index is 1170. The van der Waals surface area contributed by atoms with Gasteiger partial charge in [0, 0.05) is 12.5 Å². The average molecular weight is 411 g/mol. The van der Waals surface area contributed by atoms with Gasteiger partial charge in [-0.2, -0.15) is 0 Å². The van der Waals surface area contributed by atoms with Gasteiger partial charge in [-0.3, -0.25) is 9.59 Å². The summed E-state index contributed by atoms with van der Waals surface area (Å²) in [6.45, 7) is 0. The minimum absolute atomic E-state index is 0.0247. The number of carbonyl (C=O) groups excluding carboxylic acids is 2.